The number of aliphatic hydroxyl groups excluding tert-OH is 1. The highest BCUT2D eigenvalue weighted by Crippen LogP contribution is 2.28. The molecule has 0 aliphatic carbocycles. The number of carboxylic acid groups (broad SMARTS) is 1. The summed E-state index contributed by atoms with van der Waals surface area (Å²) in [5.74, 6) is 0.511. The molecule has 0 bridgehead atoms. The molecular weight excluding hydrogens is 456 g/mol. The Labute approximate surface area is 232 Å². The lowest BCUT2D eigenvalue weighted by Gasteiger charge is -2.23. The zero-order valence-electron chi connectivity index (χ0n) is 25.4. The van der Waals surface area contributed by atoms with Crippen LogP contribution in [0.3, 0.4) is 0 Å². The number of aliphatic hydroxyl groups is 1. The Balaban J connectivity index is 3.93. The van der Waals surface area contributed by atoms with Gasteiger partial charge in [0.2, 0.25) is 0 Å². The van der Waals surface area contributed by atoms with Crippen LogP contribution in [0.5, 0.6) is 0 Å². The molecule has 2 unspecified atom stereocenters. The molecule has 0 heterocycles. The van der Waals surface area contributed by atoms with Crippen LogP contribution in [0.4, 0.5) is 0 Å². The first-order chi connectivity index (χ1) is 18.0. The lowest BCUT2D eigenvalue weighted by atomic mass is 9.82. The Hall–Kier alpha value is -0.830. The van der Waals surface area contributed by atoms with Crippen molar-refractivity contribution in [1.29, 1.82) is 0 Å². The van der Waals surface area contributed by atoms with Crippen LogP contribution in [-0.4, -0.2) is 22.3 Å². The fourth-order valence-corrected chi connectivity index (χ4v) is 5.53. The molecule has 0 rings (SSSR count). The normalized spacial score (nSPS) is 14.3. The lowest BCUT2D eigenvalue weighted by Crippen LogP contribution is -2.14. The lowest BCUT2D eigenvalue weighted by molar-refractivity contribution is -0.137. The second-order valence-electron chi connectivity index (χ2n) is 11.8. The maximum absolute atomic E-state index is 11.2. The molecule has 0 aliphatic rings. The number of hydrogen-bond donors (Lipinski definition) is 2. The minimum Gasteiger partial charge on any atom is -0.481 e. The topological polar surface area (TPSA) is 57.5 Å². The first-order valence-corrected chi connectivity index (χ1v) is 16.6. The fourth-order valence-electron chi connectivity index (χ4n) is 5.53. The molecule has 0 spiro atoms. The van der Waals surface area contributed by atoms with Crippen LogP contribution < -0.4 is 0 Å². The summed E-state index contributed by atoms with van der Waals surface area (Å²) in [4.78, 5) is 11.2. The molecule has 0 saturated heterocycles. The molecule has 0 aliphatic heterocycles. The molecule has 0 fully saturated rings. The Bertz CT molecular complexity index is 501. The number of hydrogen-bond acceptors (Lipinski definition) is 2. The molecule has 0 aromatic heterocycles. The number of carboxylic acids is 1. The van der Waals surface area contributed by atoms with Crippen LogP contribution >= 0.6 is 0 Å². The summed E-state index contributed by atoms with van der Waals surface area (Å²) in [6, 6.07) is 0. The summed E-state index contributed by atoms with van der Waals surface area (Å²) >= 11 is 0. The van der Waals surface area contributed by atoms with E-state index in [0.717, 1.165) is 44.9 Å². The number of aliphatic carboxylic acids is 1. The summed E-state index contributed by atoms with van der Waals surface area (Å²) in [7, 11) is 0. The van der Waals surface area contributed by atoms with E-state index in [1.807, 2.05) is 0 Å². The smallest absolute Gasteiger partial charge is 0.303 e. The summed E-state index contributed by atoms with van der Waals surface area (Å²) in [6.45, 7) is 6.85. The van der Waals surface area contributed by atoms with Crippen LogP contribution in [0, 0.1) is 11.8 Å². The minimum absolute atomic E-state index is 0.185. The highest BCUT2D eigenvalue weighted by Gasteiger charge is 2.18. The zero-order valence-corrected chi connectivity index (χ0v) is 25.4. The first kappa shape index (κ1) is 36.2. The standard InChI is InChI=1S/C34H66O3/c1-4-6-8-10-11-12-13-14-15-16-18-21-25-31(3)32(29-30-34(36)37)26-22-19-17-20-24-28-33(35)27-23-9-7-5-2/h20,24,31-33,35H,4-19,21-23,25-30H2,1-3H3,(H,36,37)/t31?,32?,33-/m1/s1. The number of rotatable bonds is 29. The highest BCUT2D eigenvalue weighted by molar-refractivity contribution is 5.66. The Morgan fingerprint density at radius 3 is 1.68 bits per heavy atom. The van der Waals surface area contributed by atoms with Crippen molar-refractivity contribution >= 4 is 5.97 Å². The van der Waals surface area contributed by atoms with Gasteiger partial charge in [-0.15, -0.1) is 0 Å². The maximum atomic E-state index is 11.2. The third kappa shape index (κ3) is 26.6. The van der Waals surface area contributed by atoms with Crippen LogP contribution in [0.1, 0.15) is 181 Å². The quantitative estimate of drug-likeness (QED) is 0.0758. The van der Waals surface area contributed by atoms with Crippen molar-refractivity contribution in [3.63, 3.8) is 0 Å². The highest BCUT2D eigenvalue weighted by atomic mass is 16.4. The van der Waals surface area contributed by atoms with Gasteiger partial charge in [0, 0.05) is 6.42 Å². The van der Waals surface area contributed by atoms with Crippen molar-refractivity contribution in [1.82, 2.24) is 0 Å². The molecule has 0 amide bonds. The van der Waals surface area contributed by atoms with E-state index in [1.54, 1.807) is 0 Å². The van der Waals surface area contributed by atoms with Gasteiger partial charge in [0.15, 0.2) is 0 Å². The monoisotopic (exact) mass is 523 g/mol. The van der Waals surface area contributed by atoms with Gasteiger partial charge in [-0.05, 0) is 43.9 Å². The van der Waals surface area contributed by atoms with E-state index in [0.29, 0.717) is 18.3 Å². The van der Waals surface area contributed by atoms with Crippen molar-refractivity contribution in [3.8, 4) is 0 Å². The van der Waals surface area contributed by atoms with E-state index >= 15 is 0 Å². The molecule has 0 aromatic carbocycles. The van der Waals surface area contributed by atoms with E-state index in [4.69, 9.17) is 0 Å². The minimum atomic E-state index is -0.654. The summed E-state index contributed by atoms with van der Waals surface area (Å²) < 4.78 is 0. The summed E-state index contributed by atoms with van der Waals surface area (Å²) in [5, 5.41) is 19.3. The summed E-state index contributed by atoms with van der Waals surface area (Å²) in [6.07, 6.45) is 34.4. The van der Waals surface area contributed by atoms with Crippen molar-refractivity contribution in [2.24, 2.45) is 11.8 Å². The first-order valence-electron chi connectivity index (χ1n) is 16.6. The maximum Gasteiger partial charge on any atom is 0.303 e. The SMILES string of the molecule is CCCCCCCCCCCCCCC(C)C(CCCCC=CC[C@H](O)CCCCCC)CCC(=O)O. The number of carbonyl (C=O) groups is 1. The predicted octanol–water partition coefficient (Wildman–Crippen LogP) is 11.0. The van der Waals surface area contributed by atoms with E-state index < -0.39 is 5.97 Å². The molecule has 0 radical (unpaired) electrons. The van der Waals surface area contributed by atoms with Gasteiger partial charge < -0.3 is 10.2 Å². The second-order valence-corrected chi connectivity index (χ2v) is 11.8. The molecule has 3 heteroatoms. The van der Waals surface area contributed by atoms with Crippen molar-refractivity contribution < 1.29 is 15.0 Å². The van der Waals surface area contributed by atoms with Crippen molar-refractivity contribution in [2.45, 2.75) is 187 Å². The average Bonchev–Trinajstić information content (AvgIpc) is 2.88. The average molecular weight is 523 g/mol. The largest absolute Gasteiger partial charge is 0.481 e. The van der Waals surface area contributed by atoms with Crippen molar-refractivity contribution in [3.05, 3.63) is 12.2 Å². The molecule has 37 heavy (non-hydrogen) atoms. The van der Waals surface area contributed by atoms with Gasteiger partial charge in [0.05, 0.1) is 6.10 Å². The van der Waals surface area contributed by atoms with E-state index in [2.05, 4.69) is 32.9 Å². The van der Waals surface area contributed by atoms with Crippen molar-refractivity contribution in [2.75, 3.05) is 0 Å². The second kappa shape index (κ2) is 28.2. The van der Waals surface area contributed by atoms with Gasteiger partial charge in [-0.1, -0.05) is 155 Å². The molecular formula is C34H66O3. The van der Waals surface area contributed by atoms with Crippen LogP contribution in [0.15, 0.2) is 12.2 Å². The number of allylic oxidation sites excluding steroid dienone is 1. The third-order valence-corrected chi connectivity index (χ3v) is 8.21. The Kier molecular flexibility index (Phi) is 27.6. The molecule has 3 nitrogen and oxygen atoms in total. The van der Waals surface area contributed by atoms with Gasteiger partial charge in [0.1, 0.15) is 0 Å². The van der Waals surface area contributed by atoms with Gasteiger partial charge in [0.25, 0.3) is 0 Å². The van der Waals surface area contributed by atoms with Crippen LogP contribution in [0.2, 0.25) is 0 Å². The predicted molar refractivity (Wildman–Crippen MR) is 162 cm³/mol. The van der Waals surface area contributed by atoms with Gasteiger partial charge in [-0.25, -0.2) is 0 Å². The van der Waals surface area contributed by atoms with Crippen LogP contribution in [-0.2, 0) is 4.79 Å². The Morgan fingerprint density at radius 1 is 0.622 bits per heavy atom. The molecule has 220 valence electrons. The zero-order chi connectivity index (χ0) is 27.4. The molecule has 2 N–H and O–H groups in total. The fraction of sp³-hybridized carbons (Fsp3) is 0.912. The molecule has 3 atom stereocenters. The number of unbranched alkanes of at least 4 members (excludes halogenated alkanes) is 16. The van der Waals surface area contributed by atoms with Gasteiger partial charge in [-0.3, -0.25) is 4.79 Å². The van der Waals surface area contributed by atoms with Gasteiger partial charge in [-0.2, -0.15) is 0 Å². The molecule has 0 aromatic rings. The van der Waals surface area contributed by atoms with Crippen LogP contribution in [0.25, 0.3) is 0 Å². The van der Waals surface area contributed by atoms with Gasteiger partial charge >= 0.3 is 5.97 Å². The molecule has 0 saturated carbocycles. The van der Waals surface area contributed by atoms with E-state index in [9.17, 15) is 15.0 Å². The third-order valence-electron chi connectivity index (χ3n) is 8.21. The van der Waals surface area contributed by atoms with E-state index in [1.165, 1.54) is 109 Å². The van der Waals surface area contributed by atoms with E-state index in [-0.39, 0.29) is 6.10 Å². The Morgan fingerprint density at radius 2 is 1.11 bits per heavy atom. The summed E-state index contributed by atoms with van der Waals surface area (Å²) in [5.41, 5.74) is 0.